The van der Waals surface area contributed by atoms with E-state index < -0.39 is 11.5 Å². The van der Waals surface area contributed by atoms with Gasteiger partial charge in [0.2, 0.25) is 18.2 Å². The molecule has 8 aromatic rings. The Labute approximate surface area is 539 Å². The van der Waals surface area contributed by atoms with E-state index in [0.29, 0.717) is 66.0 Å². The normalized spacial score (nSPS) is 17.0. The highest BCUT2D eigenvalue weighted by atomic mass is 32.2. The molecule has 4 aromatic heterocycles. The molecule has 0 aliphatic carbocycles. The molecule has 0 saturated carbocycles. The van der Waals surface area contributed by atoms with Crippen LogP contribution in [0, 0.1) is 31.1 Å². The fraction of sp³-hybridized carbons (Fsp3) is 0.406. The number of fused-ring (bicyclic) bond motifs is 2. The van der Waals surface area contributed by atoms with E-state index >= 15 is 0 Å². The van der Waals surface area contributed by atoms with Gasteiger partial charge in [0.05, 0.1) is 38.5 Å². The number of benzene rings is 4. The number of likely N-dealkylation sites (tertiary alicyclic amines) is 1. The van der Waals surface area contributed by atoms with Crippen molar-refractivity contribution >= 4 is 91.5 Å². The maximum atomic E-state index is 14.5. The lowest BCUT2D eigenvalue weighted by Crippen LogP contribution is -2.57. The minimum atomic E-state index is -0.564. The minimum Gasteiger partial charge on any atom is -0.381 e. The van der Waals surface area contributed by atoms with Crippen molar-refractivity contribution in [2.75, 3.05) is 54.5 Å². The molecule has 3 atom stereocenters. The summed E-state index contributed by atoms with van der Waals surface area (Å²) >= 11 is 4.33. The van der Waals surface area contributed by atoms with Crippen LogP contribution in [0.2, 0.25) is 0 Å². The molecule has 4 aliphatic heterocycles. The van der Waals surface area contributed by atoms with Crippen LogP contribution in [0.1, 0.15) is 128 Å². The van der Waals surface area contributed by atoms with Crippen LogP contribution >= 0.6 is 34.6 Å². The number of carbonyl (C=O) groups is 5. The fourth-order valence-electron chi connectivity index (χ4n) is 12.5. The number of hydrogen-bond acceptors (Lipinski definition) is 15. The summed E-state index contributed by atoms with van der Waals surface area (Å²) in [5.41, 5.74) is 12.1. The zero-order valence-electron chi connectivity index (χ0n) is 52.3. The largest absolute Gasteiger partial charge is 0.381 e. The topological polar surface area (TPSA) is 209 Å². The van der Waals surface area contributed by atoms with E-state index in [1.165, 1.54) is 33.7 Å². The first-order valence-corrected chi connectivity index (χ1v) is 33.8. The first kappa shape index (κ1) is 63.6. The van der Waals surface area contributed by atoms with E-state index in [1.807, 2.05) is 129 Å². The highest BCUT2D eigenvalue weighted by Crippen LogP contribution is 2.36. The first-order chi connectivity index (χ1) is 43.5. The van der Waals surface area contributed by atoms with Gasteiger partial charge in [-0.05, 0) is 173 Å². The molecule has 0 spiro atoms. The molecule has 3 fully saturated rings. The molecule has 4 aromatic carbocycles. The molecule has 0 bridgehead atoms. The van der Waals surface area contributed by atoms with Gasteiger partial charge >= 0.3 is 0 Å². The molecule has 3 unspecified atom stereocenters. The summed E-state index contributed by atoms with van der Waals surface area (Å²) in [5, 5.41) is 14.3. The number of aryl methyl sites for hydroxylation is 1. The molecule has 12 rings (SSSR count). The number of rotatable bonds is 17. The van der Waals surface area contributed by atoms with Gasteiger partial charge in [-0.2, -0.15) is 5.10 Å². The third-order valence-electron chi connectivity index (χ3n) is 17.9. The molecule has 8 heterocycles. The van der Waals surface area contributed by atoms with Crippen LogP contribution in [0.3, 0.4) is 0 Å². The average molecular weight is 1270 g/mol. The van der Waals surface area contributed by atoms with Crippen LogP contribution in [0.15, 0.2) is 120 Å². The molecule has 18 nitrogen and oxygen atoms in total. The maximum absolute atomic E-state index is 14.5. The summed E-state index contributed by atoms with van der Waals surface area (Å²) in [6.45, 7) is 19.7. The van der Waals surface area contributed by atoms with Crippen LogP contribution in [0.5, 0.6) is 0 Å². The Kier molecular flexibility index (Phi) is 20.1. The third kappa shape index (κ3) is 14.8. The zero-order valence-corrected chi connectivity index (χ0v) is 54.7. The molecule has 470 valence electrons. The molecule has 5 amide bonds. The van der Waals surface area contributed by atoms with Crippen molar-refractivity contribution in [3.8, 4) is 21.6 Å². The van der Waals surface area contributed by atoms with E-state index in [-0.39, 0.29) is 41.6 Å². The van der Waals surface area contributed by atoms with Crippen molar-refractivity contribution in [1.82, 2.24) is 45.0 Å². The molecule has 3 saturated heterocycles. The number of carbonyl (C=O) groups excluding carboxylic acids is 5. The fourth-order valence-corrected chi connectivity index (χ4v) is 14.7. The van der Waals surface area contributed by atoms with Crippen LogP contribution in [-0.2, 0) is 38.6 Å². The van der Waals surface area contributed by atoms with Crippen molar-refractivity contribution < 1.29 is 28.7 Å². The Morgan fingerprint density at radius 3 is 2.29 bits per heavy atom. The summed E-state index contributed by atoms with van der Waals surface area (Å²) in [6, 6.07) is 33.7. The van der Waals surface area contributed by atoms with Crippen molar-refractivity contribution in [3.05, 3.63) is 154 Å². The van der Waals surface area contributed by atoms with Crippen LogP contribution in [-0.4, -0.2) is 111 Å². The zero-order chi connectivity index (χ0) is 63.1. The van der Waals surface area contributed by atoms with Gasteiger partial charge in [0, 0.05) is 97.4 Å². The quantitative estimate of drug-likeness (QED) is 0.0495. The molecule has 21 heteroatoms. The number of ether oxygens (including phenoxy) is 1. The van der Waals surface area contributed by atoms with Crippen LogP contribution in [0.25, 0.3) is 31.8 Å². The lowest BCUT2D eigenvalue weighted by molar-refractivity contribution is -0.141. The van der Waals surface area contributed by atoms with Gasteiger partial charge in [-0.25, -0.2) is 15.0 Å². The van der Waals surface area contributed by atoms with Crippen molar-refractivity contribution in [3.63, 3.8) is 0 Å². The van der Waals surface area contributed by atoms with Gasteiger partial charge in [0.25, 0.3) is 11.8 Å². The molecule has 0 radical (unpaired) electrons. The summed E-state index contributed by atoms with van der Waals surface area (Å²) in [5.74, 6) is 0.382. The number of hydrogen-bond donors (Lipinski definition) is 4. The van der Waals surface area contributed by atoms with E-state index in [9.17, 15) is 24.0 Å². The van der Waals surface area contributed by atoms with Crippen LogP contribution < -0.4 is 30.5 Å². The highest BCUT2D eigenvalue weighted by Gasteiger charge is 2.40. The first-order valence-electron chi connectivity index (χ1n) is 31.3. The Balaban J connectivity index is 0.000000423. The summed E-state index contributed by atoms with van der Waals surface area (Å²) in [7, 11) is 0. The Morgan fingerprint density at radius 1 is 0.822 bits per heavy atom. The van der Waals surface area contributed by atoms with Crippen LogP contribution in [0.4, 0.5) is 16.6 Å². The minimum absolute atomic E-state index is 0.0234. The van der Waals surface area contributed by atoms with Gasteiger partial charge in [-0.3, -0.25) is 38.7 Å². The van der Waals surface area contributed by atoms with E-state index in [2.05, 4.69) is 84.6 Å². The molecular weight excluding hydrogens is 1190 g/mol. The second-order valence-electron chi connectivity index (χ2n) is 25.0. The van der Waals surface area contributed by atoms with Crippen molar-refractivity contribution in [2.24, 2.45) is 17.3 Å². The van der Waals surface area contributed by atoms with Crippen molar-refractivity contribution in [2.45, 2.75) is 130 Å². The van der Waals surface area contributed by atoms with Gasteiger partial charge in [-0.15, -0.1) is 11.3 Å². The number of pyridine rings is 1. The predicted octanol–water partition coefficient (Wildman–Crippen LogP) is 12.2. The van der Waals surface area contributed by atoms with Gasteiger partial charge < -0.3 is 30.1 Å². The lowest BCUT2D eigenvalue weighted by Gasteiger charge is -2.37. The number of piperidine rings is 1. The Bertz CT molecular complexity index is 3810. The van der Waals surface area contributed by atoms with Gasteiger partial charge in [0.15, 0.2) is 5.13 Å². The highest BCUT2D eigenvalue weighted by molar-refractivity contribution is 7.98. The van der Waals surface area contributed by atoms with Crippen molar-refractivity contribution in [1.29, 1.82) is 0 Å². The summed E-state index contributed by atoms with van der Waals surface area (Å²) < 4.78 is 11.8. The third-order valence-corrected chi connectivity index (χ3v) is 20.6. The van der Waals surface area contributed by atoms with Gasteiger partial charge in [-0.1, -0.05) is 80.6 Å². The lowest BCUT2D eigenvalue weighted by atomic mass is 9.84. The second kappa shape index (κ2) is 28.5. The monoisotopic (exact) mass is 1270 g/mol. The SMILES string of the molecule is Cc1c(-c2ccc(N3CCc4cccc(C(=O)Nc5nc6ccccc6s5)c4C3)nc2C(=O)NSc2ccc(N3CCC(C(=O)NC(C(=O)N4CCCC4C)C(C)(C)C)CC3)cc2)cnn1CC1CCOCC1.Cc1ncsc1-c1ccc(C(C)NC=O)cc1. The number of amides is 5. The number of para-hydroxylation sites is 1. The standard InChI is InChI=1S/C56H66N10O5S2.C13H14N2OS/c1-35-10-9-26-65(35)54(70)50(56(3,4)5)60-51(67)39-22-27-63(28-23-39)40-15-17-41(18-16-40)73-62-53(69)49-42(44-32-57-66(36(44)2)33-37-24-30-71-31-25-37)19-20-48(59-49)64-29-21-38-11-8-12-43(45(38)34-64)52(68)61-55-58-46-13-6-7-14-47(46)72-55;1-9(14-7-16)11-3-5-12(6-4-11)13-10(2)15-8-17-13/h6-8,11-20,32,35,37,39,50H,9-10,21-31,33-34H2,1-5H3,(H,60,67)(H,62,69)(H,58,61,68);3-9H,1-2H3,(H,14,16). The number of aromatic nitrogens is 5. The molecule has 4 aliphatic rings. The smallest absolute Gasteiger partial charge is 0.280 e. The van der Waals surface area contributed by atoms with E-state index in [4.69, 9.17) is 14.8 Å². The Morgan fingerprint density at radius 2 is 1.59 bits per heavy atom. The number of nitrogens with one attached hydrogen (secondary N) is 4. The van der Waals surface area contributed by atoms with E-state index in [1.54, 1.807) is 11.3 Å². The second-order valence-corrected chi connectivity index (χ2v) is 27.8. The number of nitrogens with zero attached hydrogens (tertiary/aromatic N) is 8. The summed E-state index contributed by atoms with van der Waals surface area (Å²) in [4.78, 5) is 88.5. The van der Waals surface area contributed by atoms with E-state index in [0.717, 1.165) is 126 Å². The molecular formula is C69H80N12O6S3. The maximum Gasteiger partial charge on any atom is 0.280 e. The predicted molar refractivity (Wildman–Crippen MR) is 359 cm³/mol. The molecule has 4 N–H and O–H groups in total. The summed E-state index contributed by atoms with van der Waals surface area (Å²) in [6.07, 6.45) is 8.63. The molecule has 90 heavy (non-hydrogen) atoms. The average Bonchev–Trinajstić information content (AvgIpc) is 1.47. The number of thiazole rings is 2. The van der Waals surface area contributed by atoms with Gasteiger partial charge in [0.1, 0.15) is 17.6 Å². The Hall–Kier alpha value is -7.98. The number of anilines is 3.